The zero-order valence-electron chi connectivity index (χ0n) is 16.9. The van der Waals surface area contributed by atoms with E-state index in [4.69, 9.17) is 24.8 Å². The van der Waals surface area contributed by atoms with E-state index in [2.05, 4.69) is 10.0 Å². The molecule has 0 heterocycles. The second-order valence-electron chi connectivity index (χ2n) is 6.46. The number of benzene rings is 1. The monoisotopic (exact) mass is 393 g/mol. The molecule has 0 aliphatic heterocycles. The normalized spacial score (nSPS) is 10.2. The summed E-state index contributed by atoms with van der Waals surface area (Å²) in [6.45, 7) is 0.815. The maximum atomic E-state index is 11.8. The van der Waals surface area contributed by atoms with Gasteiger partial charge in [-0.2, -0.15) is 0 Å². The highest BCUT2D eigenvalue weighted by Gasteiger charge is 2.17. The van der Waals surface area contributed by atoms with Crippen molar-refractivity contribution < 1.29 is 24.1 Å². The molecular formula is C20H31N3O5. The SMILES string of the molecule is COc1cc(C(=O)N=[N+]=[N-])cc(OC)c1OCCCCCCCCCCCO. The minimum absolute atomic E-state index is 0.179. The van der Waals surface area contributed by atoms with Gasteiger partial charge in [0, 0.05) is 17.1 Å². The Bertz CT molecular complexity index is 620. The van der Waals surface area contributed by atoms with Gasteiger partial charge in [-0.1, -0.05) is 44.9 Å². The predicted molar refractivity (Wildman–Crippen MR) is 107 cm³/mol. The van der Waals surface area contributed by atoms with Gasteiger partial charge in [0.1, 0.15) is 0 Å². The average Bonchev–Trinajstić information content (AvgIpc) is 2.71. The highest BCUT2D eigenvalue weighted by Crippen LogP contribution is 2.39. The fraction of sp³-hybridized carbons (Fsp3) is 0.650. The summed E-state index contributed by atoms with van der Waals surface area (Å²) in [4.78, 5) is 14.3. The molecule has 8 nitrogen and oxygen atoms in total. The largest absolute Gasteiger partial charge is 0.493 e. The van der Waals surface area contributed by atoms with Gasteiger partial charge in [0.2, 0.25) is 11.7 Å². The van der Waals surface area contributed by atoms with Crippen LogP contribution in [-0.4, -0.2) is 38.4 Å². The molecule has 156 valence electrons. The van der Waals surface area contributed by atoms with E-state index in [9.17, 15) is 4.79 Å². The van der Waals surface area contributed by atoms with Crippen LogP contribution in [-0.2, 0) is 0 Å². The second kappa shape index (κ2) is 14.6. The first-order valence-electron chi connectivity index (χ1n) is 9.77. The molecule has 0 aliphatic rings. The summed E-state index contributed by atoms with van der Waals surface area (Å²) in [5, 5.41) is 11.8. The van der Waals surface area contributed by atoms with Crippen molar-refractivity contribution in [3.8, 4) is 17.2 Å². The third-order valence-electron chi connectivity index (χ3n) is 4.39. The first-order chi connectivity index (χ1) is 13.7. The number of azide groups is 1. The lowest BCUT2D eigenvalue weighted by molar-refractivity contribution is 0.0999. The summed E-state index contributed by atoms with van der Waals surface area (Å²) in [6.07, 6.45) is 10.0. The summed E-state index contributed by atoms with van der Waals surface area (Å²) >= 11 is 0. The molecule has 1 N–H and O–H groups in total. The van der Waals surface area contributed by atoms with Crippen LogP contribution in [0.3, 0.4) is 0 Å². The van der Waals surface area contributed by atoms with Crippen molar-refractivity contribution >= 4 is 5.91 Å². The zero-order chi connectivity index (χ0) is 20.6. The molecule has 1 amide bonds. The number of nitrogens with zero attached hydrogens (tertiary/aromatic N) is 3. The van der Waals surface area contributed by atoms with E-state index in [1.54, 1.807) is 0 Å². The van der Waals surface area contributed by atoms with E-state index in [-0.39, 0.29) is 5.56 Å². The molecule has 0 aromatic heterocycles. The number of hydrogen-bond donors (Lipinski definition) is 1. The van der Waals surface area contributed by atoms with Crippen LogP contribution in [0.5, 0.6) is 17.2 Å². The van der Waals surface area contributed by atoms with Crippen molar-refractivity contribution in [2.75, 3.05) is 27.4 Å². The van der Waals surface area contributed by atoms with Crippen LogP contribution in [0.15, 0.2) is 17.2 Å². The third kappa shape index (κ3) is 8.50. The van der Waals surface area contributed by atoms with E-state index in [0.29, 0.717) is 30.5 Å². The average molecular weight is 393 g/mol. The van der Waals surface area contributed by atoms with Crippen molar-refractivity contribution in [2.45, 2.75) is 57.8 Å². The number of unbranched alkanes of at least 4 members (excludes halogenated alkanes) is 8. The van der Waals surface area contributed by atoms with Crippen molar-refractivity contribution in [3.05, 3.63) is 28.1 Å². The lowest BCUT2D eigenvalue weighted by Gasteiger charge is -2.15. The van der Waals surface area contributed by atoms with Crippen LogP contribution >= 0.6 is 0 Å². The van der Waals surface area contributed by atoms with Crippen molar-refractivity contribution in [1.82, 2.24) is 0 Å². The maximum absolute atomic E-state index is 11.8. The molecule has 1 rings (SSSR count). The van der Waals surface area contributed by atoms with Crippen LogP contribution in [0.25, 0.3) is 10.4 Å². The van der Waals surface area contributed by atoms with Crippen LogP contribution in [0, 0.1) is 0 Å². The summed E-state index contributed by atoms with van der Waals surface area (Å²) in [5.74, 6) is 0.450. The molecule has 0 saturated carbocycles. The fourth-order valence-corrected chi connectivity index (χ4v) is 2.87. The van der Waals surface area contributed by atoms with E-state index >= 15 is 0 Å². The number of ether oxygens (including phenoxy) is 3. The number of aliphatic hydroxyl groups is 1. The number of carbonyl (C=O) groups excluding carboxylic acids is 1. The number of carbonyl (C=O) groups is 1. The Hall–Kier alpha value is -2.44. The molecule has 0 unspecified atom stereocenters. The fourth-order valence-electron chi connectivity index (χ4n) is 2.87. The van der Waals surface area contributed by atoms with Gasteiger partial charge in [0.05, 0.1) is 20.8 Å². The number of amides is 1. The van der Waals surface area contributed by atoms with E-state index in [0.717, 1.165) is 32.1 Å². The second-order valence-corrected chi connectivity index (χ2v) is 6.46. The molecule has 1 aromatic rings. The predicted octanol–water partition coefficient (Wildman–Crippen LogP) is 5.04. The molecule has 0 spiro atoms. The van der Waals surface area contributed by atoms with E-state index in [1.165, 1.54) is 52.0 Å². The molecule has 28 heavy (non-hydrogen) atoms. The highest BCUT2D eigenvalue weighted by molar-refractivity contribution is 5.96. The number of methoxy groups -OCH3 is 2. The molecular weight excluding hydrogens is 362 g/mol. The molecule has 0 fully saturated rings. The van der Waals surface area contributed by atoms with Crippen LogP contribution in [0.1, 0.15) is 68.1 Å². The Morgan fingerprint density at radius 3 is 1.93 bits per heavy atom. The van der Waals surface area contributed by atoms with Crippen molar-refractivity contribution in [2.24, 2.45) is 5.11 Å². The molecule has 0 bridgehead atoms. The Labute approximate surface area is 166 Å². The quantitative estimate of drug-likeness (QED) is 0.194. The molecule has 0 atom stereocenters. The van der Waals surface area contributed by atoms with Crippen molar-refractivity contribution in [3.63, 3.8) is 0 Å². The third-order valence-corrected chi connectivity index (χ3v) is 4.39. The lowest BCUT2D eigenvalue weighted by atomic mass is 10.1. The van der Waals surface area contributed by atoms with Gasteiger partial charge in [-0.3, -0.25) is 4.79 Å². The number of rotatable bonds is 15. The highest BCUT2D eigenvalue weighted by atomic mass is 16.5. The number of hydrogen-bond acceptors (Lipinski definition) is 5. The molecule has 1 aromatic carbocycles. The van der Waals surface area contributed by atoms with Crippen LogP contribution in [0.2, 0.25) is 0 Å². The van der Waals surface area contributed by atoms with Gasteiger partial charge >= 0.3 is 0 Å². The van der Waals surface area contributed by atoms with Gasteiger partial charge in [0.15, 0.2) is 11.5 Å². The summed E-state index contributed by atoms with van der Waals surface area (Å²) in [7, 11) is 2.95. The standard InChI is InChI=1S/C20H31N3O5/c1-26-17-14-16(20(25)22-23-21)15-18(27-2)19(17)28-13-11-9-7-5-3-4-6-8-10-12-24/h14-15,24H,3-13H2,1-2H3. The van der Waals surface area contributed by atoms with E-state index < -0.39 is 5.91 Å². The maximum Gasteiger partial charge on any atom is 0.249 e. The molecule has 8 heteroatoms. The first kappa shape index (κ1) is 23.6. The Balaban J connectivity index is 2.43. The Kier molecular flexibility index (Phi) is 12.3. The van der Waals surface area contributed by atoms with Crippen LogP contribution < -0.4 is 14.2 Å². The molecule has 0 radical (unpaired) electrons. The lowest BCUT2D eigenvalue weighted by Crippen LogP contribution is -2.04. The van der Waals surface area contributed by atoms with E-state index in [1.807, 2.05) is 0 Å². The number of aliphatic hydroxyl groups excluding tert-OH is 1. The van der Waals surface area contributed by atoms with Crippen molar-refractivity contribution in [1.29, 1.82) is 0 Å². The van der Waals surface area contributed by atoms with Gasteiger partial charge in [-0.15, -0.1) is 0 Å². The van der Waals surface area contributed by atoms with Crippen LogP contribution in [0.4, 0.5) is 0 Å². The first-order valence-corrected chi connectivity index (χ1v) is 9.77. The minimum Gasteiger partial charge on any atom is -0.493 e. The molecule has 0 saturated heterocycles. The topological polar surface area (TPSA) is 114 Å². The smallest absolute Gasteiger partial charge is 0.249 e. The molecule has 0 aliphatic carbocycles. The Morgan fingerprint density at radius 1 is 0.964 bits per heavy atom. The summed E-state index contributed by atoms with van der Waals surface area (Å²) < 4.78 is 16.4. The van der Waals surface area contributed by atoms with Gasteiger partial charge < -0.3 is 19.3 Å². The summed E-state index contributed by atoms with van der Waals surface area (Å²) in [6, 6.07) is 2.96. The van der Waals surface area contributed by atoms with Gasteiger partial charge in [-0.25, -0.2) is 0 Å². The van der Waals surface area contributed by atoms with Gasteiger partial charge in [0.25, 0.3) is 0 Å². The minimum atomic E-state index is -0.706. The van der Waals surface area contributed by atoms with Gasteiger partial charge in [-0.05, 0) is 35.6 Å². The Morgan fingerprint density at radius 2 is 1.46 bits per heavy atom. The summed E-state index contributed by atoms with van der Waals surface area (Å²) in [5.41, 5.74) is 8.59. The zero-order valence-corrected chi connectivity index (χ0v) is 16.9.